The maximum absolute atomic E-state index is 12.4. The molecule has 0 aliphatic rings. The molecule has 3 aromatic carbocycles. The van der Waals surface area contributed by atoms with Crippen molar-refractivity contribution in [1.82, 2.24) is 0 Å². The molecule has 3 rings (SSSR count). The summed E-state index contributed by atoms with van der Waals surface area (Å²) >= 11 is 9.81. The Balaban J connectivity index is 1.81. The van der Waals surface area contributed by atoms with Crippen molar-refractivity contribution in [2.75, 3.05) is 12.4 Å². The van der Waals surface area contributed by atoms with Gasteiger partial charge in [0, 0.05) is 10.2 Å². The molecule has 0 atom stereocenters. The van der Waals surface area contributed by atoms with Gasteiger partial charge in [0.2, 0.25) is 0 Å². The Morgan fingerprint density at radius 2 is 1.87 bits per heavy atom. The van der Waals surface area contributed by atoms with Crippen molar-refractivity contribution < 1.29 is 14.3 Å². The van der Waals surface area contributed by atoms with Crippen molar-refractivity contribution in [3.63, 3.8) is 0 Å². The molecule has 0 radical (unpaired) electrons. The van der Waals surface area contributed by atoms with Gasteiger partial charge in [-0.1, -0.05) is 57.9 Å². The molecule has 156 valence electrons. The number of nitrogens with zero attached hydrogens (tertiary/aromatic N) is 1. The fraction of sp³-hybridized carbons (Fsp3) is 0.0833. The quantitative estimate of drug-likeness (QED) is 0.310. The number of hydrogen-bond acceptors (Lipinski definition) is 4. The Bertz CT molecular complexity index is 1140. The largest absolute Gasteiger partial charge is 0.493 e. The van der Waals surface area contributed by atoms with Crippen LogP contribution < -0.4 is 14.8 Å². The van der Waals surface area contributed by atoms with Gasteiger partial charge in [-0.2, -0.15) is 5.26 Å². The highest BCUT2D eigenvalue weighted by atomic mass is 79.9. The number of carbonyl (C=O) groups is 1. The van der Waals surface area contributed by atoms with E-state index in [1.165, 1.54) is 13.2 Å². The predicted octanol–water partition coefficient (Wildman–Crippen LogP) is 6.24. The summed E-state index contributed by atoms with van der Waals surface area (Å²) in [4.78, 5) is 12.4. The van der Waals surface area contributed by atoms with Gasteiger partial charge in [-0.25, -0.2) is 0 Å². The van der Waals surface area contributed by atoms with Crippen LogP contribution in [-0.4, -0.2) is 13.0 Å². The van der Waals surface area contributed by atoms with Crippen LogP contribution in [0.2, 0.25) is 5.02 Å². The van der Waals surface area contributed by atoms with E-state index >= 15 is 0 Å². The zero-order valence-electron chi connectivity index (χ0n) is 16.6. The summed E-state index contributed by atoms with van der Waals surface area (Å²) in [5, 5.41) is 12.4. The molecule has 31 heavy (non-hydrogen) atoms. The third-order valence-corrected chi connectivity index (χ3v) is 5.07. The average molecular weight is 498 g/mol. The van der Waals surface area contributed by atoms with E-state index in [-0.39, 0.29) is 5.57 Å². The Morgan fingerprint density at radius 1 is 1.16 bits per heavy atom. The second-order valence-electron chi connectivity index (χ2n) is 6.44. The third-order valence-electron chi connectivity index (χ3n) is 4.26. The molecule has 0 heterocycles. The Hall–Kier alpha value is -3.27. The van der Waals surface area contributed by atoms with E-state index < -0.39 is 5.91 Å². The van der Waals surface area contributed by atoms with E-state index in [0.29, 0.717) is 34.4 Å². The first kappa shape index (κ1) is 22.4. The predicted molar refractivity (Wildman–Crippen MR) is 125 cm³/mol. The SMILES string of the molecule is COc1cc(/C=C(/C#N)C(=O)Nc2ccccc2)cc(Cl)c1OCc1ccc(Br)cc1. The molecule has 0 saturated carbocycles. The molecule has 5 nitrogen and oxygen atoms in total. The normalized spacial score (nSPS) is 10.8. The second-order valence-corrected chi connectivity index (χ2v) is 7.76. The fourth-order valence-corrected chi connectivity index (χ4v) is 3.27. The number of para-hydroxylation sites is 1. The fourth-order valence-electron chi connectivity index (χ4n) is 2.73. The highest BCUT2D eigenvalue weighted by molar-refractivity contribution is 9.10. The molecule has 0 aromatic heterocycles. The molecule has 0 unspecified atom stereocenters. The van der Waals surface area contributed by atoms with Crippen molar-refractivity contribution in [3.05, 3.63) is 92.9 Å². The lowest BCUT2D eigenvalue weighted by Gasteiger charge is -2.14. The lowest BCUT2D eigenvalue weighted by Crippen LogP contribution is -2.13. The molecule has 0 aliphatic heterocycles. The van der Waals surface area contributed by atoms with Crippen molar-refractivity contribution in [1.29, 1.82) is 5.26 Å². The number of amides is 1. The first-order valence-corrected chi connectivity index (χ1v) is 10.4. The summed E-state index contributed by atoms with van der Waals surface area (Å²) < 4.78 is 12.3. The van der Waals surface area contributed by atoms with Gasteiger partial charge >= 0.3 is 0 Å². The Labute approximate surface area is 194 Å². The summed E-state index contributed by atoms with van der Waals surface area (Å²) in [6, 6.07) is 21.8. The number of halogens is 2. The van der Waals surface area contributed by atoms with Gasteiger partial charge in [0.05, 0.1) is 12.1 Å². The van der Waals surface area contributed by atoms with Crippen molar-refractivity contribution >= 4 is 45.2 Å². The molecule has 0 aliphatic carbocycles. The molecule has 7 heteroatoms. The van der Waals surface area contributed by atoms with Crippen LogP contribution >= 0.6 is 27.5 Å². The van der Waals surface area contributed by atoms with Crippen LogP contribution in [-0.2, 0) is 11.4 Å². The maximum atomic E-state index is 12.4. The maximum Gasteiger partial charge on any atom is 0.266 e. The molecular weight excluding hydrogens is 480 g/mol. The number of carbonyl (C=O) groups excluding carboxylic acids is 1. The standard InChI is InChI=1S/C24H18BrClN2O3/c1-30-22-13-17(11-18(14-27)24(29)28-20-5-3-2-4-6-20)12-21(26)23(22)31-15-16-7-9-19(25)10-8-16/h2-13H,15H2,1H3,(H,28,29)/b18-11-. The third kappa shape index (κ3) is 6.11. The lowest BCUT2D eigenvalue weighted by atomic mass is 10.1. The van der Waals surface area contributed by atoms with E-state index in [1.807, 2.05) is 36.4 Å². The number of hydrogen-bond donors (Lipinski definition) is 1. The van der Waals surface area contributed by atoms with Crippen LogP contribution in [0.4, 0.5) is 5.69 Å². The molecule has 0 fully saturated rings. The molecule has 1 N–H and O–H groups in total. The number of methoxy groups -OCH3 is 1. The second kappa shape index (κ2) is 10.7. The zero-order chi connectivity index (χ0) is 22.2. The zero-order valence-corrected chi connectivity index (χ0v) is 18.9. The van der Waals surface area contributed by atoms with Crippen LogP contribution in [0.15, 0.2) is 76.8 Å². The first-order valence-electron chi connectivity index (χ1n) is 9.23. The van der Waals surface area contributed by atoms with Crippen molar-refractivity contribution in [3.8, 4) is 17.6 Å². The summed E-state index contributed by atoms with van der Waals surface area (Å²) in [6.45, 7) is 0.307. The summed E-state index contributed by atoms with van der Waals surface area (Å²) in [5.41, 5.74) is 2.04. The summed E-state index contributed by atoms with van der Waals surface area (Å²) in [5.74, 6) is 0.271. The van der Waals surface area contributed by atoms with Gasteiger partial charge in [0.1, 0.15) is 18.2 Å². The summed E-state index contributed by atoms with van der Waals surface area (Å²) in [7, 11) is 1.50. The lowest BCUT2D eigenvalue weighted by molar-refractivity contribution is -0.112. The van der Waals surface area contributed by atoms with E-state index in [9.17, 15) is 10.1 Å². The van der Waals surface area contributed by atoms with E-state index in [2.05, 4.69) is 21.2 Å². The van der Waals surface area contributed by atoms with E-state index in [1.54, 1.807) is 36.4 Å². The van der Waals surface area contributed by atoms with Gasteiger partial charge in [-0.3, -0.25) is 4.79 Å². The minimum absolute atomic E-state index is 0.0643. The van der Waals surface area contributed by atoms with Gasteiger partial charge in [0.15, 0.2) is 11.5 Å². The number of nitriles is 1. The van der Waals surface area contributed by atoms with Crippen molar-refractivity contribution in [2.24, 2.45) is 0 Å². The highest BCUT2D eigenvalue weighted by Crippen LogP contribution is 2.37. The molecule has 3 aromatic rings. The van der Waals surface area contributed by atoms with Crippen LogP contribution in [0, 0.1) is 11.3 Å². The number of anilines is 1. The van der Waals surface area contributed by atoms with E-state index in [4.69, 9.17) is 21.1 Å². The minimum Gasteiger partial charge on any atom is -0.493 e. The van der Waals surface area contributed by atoms with Crippen LogP contribution in [0.25, 0.3) is 6.08 Å². The van der Waals surface area contributed by atoms with Crippen LogP contribution in [0.3, 0.4) is 0 Å². The van der Waals surface area contributed by atoms with E-state index in [0.717, 1.165) is 10.0 Å². The minimum atomic E-state index is -0.514. The number of nitrogens with one attached hydrogen (secondary N) is 1. The van der Waals surface area contributed by atoms with Gasteiger partial charge in [-0.15, -0.1) is 0 Å². The molecule has 0 saturated heterocycles. The number of ether oxygens (including phenoxy) is 2. The highest BCUT2D eigenvalue weighted by Gasteiger charge is 2.14. The number of benzene rings is 3. The average Bonchev–Trinajstić information content (AvgIpc) is 2.78. The molecule has 1 amide bonds. The van der Waals surface area contributed by atoms with Crippen molar-refractivity contribution in [2.45, 2.75) is 6.61 Å². The van der Waals surface area contributed by atoms with Gasteiger partial charge < -0.3 is 14.8 Å². The van der Waals surface area contributed by atoms with Crippen LogP contribution in [0.5, 0.6) is 11.5 Å². The van der Waals surface area contributed by atoms with Gasteiger partial charge in [-0.05, 0) is 53.6 Å². The molecule has 0 bridgehead atoms. The van der Waals surface area contributed by atoms with Crippen LogP contribution in [0.1, 0.15) is 11.1 Å². The number of rotatable bonds is 7. The van der Waals surface area contributed by atoms with Gasteiger partial charge in [0.25, 0.3) is 5.91 Å². The topological polar surface area (TPSA) is 71.3 Å². The monoisotopic (exact) mass is 496 g/mol. The Kier molecular flexibility index (Phi) is 7.71. The molecule has 0 spiro atoms. The molecular formula is C24H18BrClN2O3. The first-order chi connectivity index (χ1) is 15.0. The summed E-state index contributed by atoms with van der Waals surface area (Å²) in [6.07, 6.45) is 1.45. The Morgan fingerprint density at radius 3 is 2.52 bits per heavy atom. The smallest absolute Gasteiger partial charge is 0.266 e.